The van der Waals surface area contributed by atoms with E-state index in [-0.39, 0.29) is 0 Å². The Morgan fingerprint density at radius 3 is 2.26 bits per heavy atom. The molecule has 1 saturated heterocycles. The van der Waals surface area contributed by atoms with E-state index >= 15 is 0 Å². The molecule has 0 spiro atoms. The Kier molecular flexibility index (Phi) is 11.7. The molecule has 1 heterocycles. The average molecular weight is 263 g/mol. The van der Waals surface area contributed by atoms with Gasteiger partial charge in [0.05, 0.1) is 0 Å². The lowest BCUT2D eigenvalue weighted by Gasteiger charge is -2.30. The van der Waals surface area contributed by atoms with Gasteiger partial charge in [0.1, 0.15) is 0 Å². The molecule has 1 aliphatic rings. The first-order valence-corrected chi connectivity index (χ1v) is 8.11. The predicted octanol–water partition coefficient (Wildman–Crippen LogP) is 5.01. The second-order valence-electron chi connectivity index (χ2n) is 4.78. The molecule has 1 aliphatic heterocycles. The minimum absolute atomic E-state index is 0.898. The highest BCUT2D eigenvalue weighted by Crippen LogP contribution is 2.15. The molecule has 2 rings (SSSR count). The molecule has 0 amide bonds. The first kappa shape index (κ1) is 18.2. The Bertz CT molecular complexity index is 281. The third-order valence-corrected chi connectivity index (χ3v) is 3.30. The number of piperidine rings is 1. The molecule has 1 atom stereocenters. The van der Waals surface area contributed by atoms with Gasteiger partial charge in [0.2, 0.25) is 0 Å². The zero-order valence-corrected chi connectivity index (χ0v) is 13.7. The van der Waals surface area contributed by atoms with Crippen LogP contribution < -0.4 is 0 Å². The van der Waals surface area contributed by atoms with E-state index < -0.39 is 0 Å². The van der Waals surface area contributed by atoms with Crippen LogP contribution >= 0.6 is 0 Å². The van der Waals surface area contributed by atoms with Gasteiger partial charge in [0.25, 0.3) is 0 Å². The maximum Gasteiger partial charge on any atom is 0.00219 e. The fourth-order valence-electron chi connectivity index (χ4n) is 2.42. The highest BCUT2D eigenvalue weighted by atomic mass is 15.1. The summed E-state index contributed by atoms with van der Waals surface area (Å²) in [6, 6.07) is 10.8. The molecule has 19 heavy (non-hydrogen) atoms. The first-order chi connectivity index (χ1) is 9.34. The van der Waals surface area contributed by atoms with Crippen LogP contribution in [0.25, 0.3) is 0 Å². The molecule has 1 heteroatoms. The molecule has 1 fully saturated rings. The van der Waals surface area contributed by atoms with Crippen LogP contribution in [0.4, 0.5) is 0 Å². The third-order valence-electron chi connectivity index (χ3n) is 3.30. The number of hydrogen-bond acceptors (Lipinski definition) is 1. The van der Waals surface area contributed by atoms with E-state index in [1.165, 1.54) is 44.5 Å². The van der Waals surface area contributed by atoms with Crippen LogP contribution in [-0.2, 0) is 6.42 Å². The quantitative estimate of drug-likeness (QED) is 0.740. The highest BCUT2D eigenvalue weighted by molar-refractivity contribution is 5.14. The van der Waals surface area contributed by atoms with Crippen LogP contribution in [0.15, 0.2) is 30.3 Å². The van der Waals surface area contributed by atoms with Gasteiger partial charge in [-0.05, 0) is 37.3 Å². The van der Waals surface area contributed by atoms with Crippen molar-refractivity contribution in [2.24, 2.45) is 5.92 Å². The van der Waals surface area contributed by atoms with Crippen LogP contribution in [0.5, 0.6) is 0 Å². The summed E-state index contributed by atoms with van der Waals surface area (Å²) < 4.78 is 0. The van der Waals surface area contributed by atoms with E-state index in [0.717, 1.165) is 5.92 Å². The first-order valence-electron chi connectivity index (χ1n) is 8.11. The summed E-state index contributed by atoms with van der Waals surface area (Å²) in [5, 5.41) is 0. The number of benzene rings is 1. The van der Waals surface area contributed by atoms with Crippen LogP contribution in [0.2, 0.25) is 0 Å². The smallest absolute Gasteiger partial charge is 0.00219 e. The predicted molar refractivity (Wildman–Crippen MR) is 87.7 cm³/mol. The highest BCUT2D eigenvalue weighted by Gasteiger charge is 2.15. The van der Waals surface area contributed by atoms with E-state index in [9.17, 15) is 0 Å². The summed E-state index contributed by atoms with van der Waals surface area (Å²) >= 11 is 0. The van der Waals surface area contributed by atoms with Gasteiger partial charge < -0.3 is 4.90 Å². The van der Waals surface area contributed by atoms with Gasteiger partial charge in [-0.1, -0.05) is 65.0 Å². The van der Waals surface area contributed by atoms with Gasteiger partial charge in [-0.2, -0.15) is 0 Å². The van der Waals surface area contributed by atoms with Gasteiger partial charge in [-0.25, -0.2) is 0 Å². The SMILES string of the molecule is CC.CC.CC1CCCN(CCc2ccccc2)C1. The zero-order valence-electron chi connectivity index (χ0n) is 13.7. The van der Waals surface area contributed by atoms with Crippen molar-refractivity contribution in [1.82, 2.24) is 4.90 Å². The molecule has 1 aromatic carbocycles. The fraction of sp³-hybridized carbons (Fsp3) is 0.667. The molecule has 0 aromatic heterocycles. The Morgan fingerprint density at radius 2 is 1.68 bits per heavy atom. The zero-order chi connectivity index (χ0) is 14.5. The Hall–Kier alpha value is -0.820. The van der Waals surface area contributed by atoms with Crippen molar-refractivity contribution in [3.63, 3.8) is 0 Å². The summed E-state index contributed by atoms with van der Waals surface area (Å²) in [7, 11) is 0. The molecule has 0 radical (unpaired) electrons. The van der Waals surface area contributed by atoms with E-state index in [0.29, 0.717) is 0 Å². The molecule has 1 nitrogen and oxygen atoms in total. The molecular weight excluding hydrogens is 230 g/mol. The van der Waals surface area contributed by atoms with Gasteiger partial charge in [-0.15, -0.1) is 0 Å². The average Bonchev–Trinajstić information content (AvgIpc) is 2.50. The van der Waals surface area contributed by atoms with Crippen molar-refractivity contribution >= 4 is 0 Å². The molecule has 1 unspecified atom stereocenters. The molecule has 0 saturated carbocycles. The van der Waals surface area contributed by atoms with E-state index in [4.69, 9.17) is 0 Å². The molecular formula is C18H33N. The van der Waals surface area contributed by atoms with Crippen LogP contribution in [-0.4, -0.2) is 24.5 Å². The van der Waals surface area contributed by atoms with Crippen molar-refractivity contribution < 1.29 is 0 Å². The van der Waals surface area contributed by atoms with Gasteiger partial charge in [0, 0.05) is 13.1 Å². The third kappa shape index (κ3) is 8.05. The summed E-state index contributed by atoms with van der Waals surface area (Å²) in [6.07, 6.45) is 4.01. The second-order valence-corrected chi connectivity index (χ2v) is 4.78. The second kappa shape index (κ2) is 12.2. The minimum Gasteiger partial charge on any atom is -0.303 e. The standard InChI is InChI=1S/C14H21N.2C2H6/c1-13-6-5-10-15(12-13)11-9-14-7-3-2-4-8-14;2*1-2/h2-4,7-8,13H,5-6,9-12H2,1H3;2*1-2H3. The lowest BCUT2D eigenvalue weighted by molar-refractivity contribution is 0.186. The Labute approximate surface area is 121 Å². The topological polar surface area (TPSA) is 3.24 Å². The monoisotopic (exact) mass is 263 g/mol. The maximum absolute atomic E-state index is 2.61. The van der Waals surface area contributed by atoms with Gasteiger partial charge >= 0.3 is 0 Å². The van der Waals surface area contributed by atoms with Crippen molar-refractivity contribution in [3.05, 3.63) is 35.9 Å². The van der Waals surface area contributed by atoms with E-state index in [2.05, 4.69) is 42.2 Å². The largest absolute Gasteiger partial charge is 0.303 e. The molecule has 1 aromatic rings. The Morgan fingerprint density at radius 1 is 1.05 bits per heavy atom. The molecule has 0 N–H and O–H groups in total. The van der Waals surface area contributed by atoms with Crippen LogP contribution in [0.3, 0.4) is 0 Å². The molecule has 110 valence electrons. The lowest BCUT2D eigenvalue weighted by atomic mass is 10.00. The van der Waals surface area contributed by atoms with Gasteiger partial charge in [0.15, 0.2) is 0 Å². The number of likely N-dealkylation sites (tertiary alicyclic amines) is 1. The lowest BCUT2D eigenvalue weighted by Crippen LogP contribution is -2.35. The summed E-state index contributed by atoms with van der Waals surface area (Å²) in [5.74, 6) is 0.898. The van der Waals surface area contributed by atoms with Crippen molar-refractivity contribution in [1.29, 1.82) is 0 Å². The number of hydrogen-bond donors (Lipinski definition) is 0. The number of nitrogens with zero attached hydrogens (tertiary/aromatic N) is 1. The van der Waals surface area contributed by atoms with E-state index in [1.54, 1.807) is 0 Å². The van der Waals surface area contributed by atoms with E-state index in [1.807, 2.05) is 27.7 Å². The van der Waals surface area contributed by atoms with Gasteiger partial charge in [-0.3, -0.25) is 0 Å². The van der Waals surface area contributed by atoms with Crippen LogP contribution in [0.1, 0.15) is 53.0 Å². The maximum atomic E-state index is 2.61. The summed E-state index contributed by atoms with van der Waals surface area (Å²) in [5.41, 5.74) is 1.47. The van der Waals surface area contributed by atoms with Crippen LogP contribution in [0, 0.1) is 5.92 Å². The van der Waals surface area contributed by atoms with Crippen molar-refractivity contribution in [2.45, 2.75) is 53.9 Å². The fourth-order valence-corrected chi connectivity index (χ4v) is 2.42. The molecule has 0 aliphatic carbocycles. The number of rotatable bonds is 3. The van der Waals surface area contributed by atoms with Crippen molar-refractivity contribution in [2.75, 3.05) is 19.6 Å². The summed E-state index contributed by atoms with van der Waals surface area (Å²) in [4.78, 5) is 2.61. The van der Waals surface area contributed by atoms with Crippen molar-refractivity contribution in [3.8, 4) is 0 Å². The summed E-state index contributed by atoms with van der Waals surface area (Å²) in [6.45, 7) is 14.2. The molecule has 0 bridgehead atoms. The normalized spacial score (nSPS) is 18.7. The Balaban J connectivity index is 0.000000741. The minimum atomic E-state index is 0.898.